The Labute approximate surface area is 120 Å². The molecule has 1 aromatic carbocycles. The van der Waals surface area contributed by atoms with Gasteiger partial charge in [0.25, 0.3) is 5.91 Å². The molecular formula is C16H24N2O2. The summed E-state index contributed by atoms with van der Waals surface area (Å²) < 4.78 is 5.69. The summed E-state index contributed by atoms with van der Waals surface area (Å²) in [6.07, 6.45) is 1.75. The van der Waals surface area contributed by atoms with E-state index in [-0.39, 0.29) is 11.4 Å². The van der Waals surface area contributed by atoms with Crippen LogP contribution in [0, 0.1) is 12.8 Å². The summed E-state index contributed by atoms with van der Waals surface area (Å²) in [4.78, 5) is 12.2. The first kappa shape index (κ1) is 14.9. The number of carbonyl (C=O) groups excluding carboxylic acids is 1. The van der Waals surface area contributed by atoms with Crippen LogP contribution in [0.5, 0.6) is 5.75 Å². The molecule has 0 saturated heterocycles. The van der Waals surface area contributed by atoms with E-state index in [1.807, 2.05) is 38.1 Å². The molecule has 2 unspecified atom stereocenters. The first-order chi connectivity index (χ1) is 9.44. The Bertz CT molecular complexity index is 485. The fourth-order valence-corrected chi connectivity index (χ4v) is 2.37. The van der Waals surface area contributed by atoms with Gasteiger partial charge in [0.2, 0.25) is 0 Å². The standard InChI is InChI=1S/C16H24N2O2/c1-11-5-4-6-14(9-11)20-12(2)15(19)18-16(3,10-17)13-7-8-13/h4-6,9,12-13H,7-8,10,17H2,1-3H3,(H,18,19). The summed E-state index contributed by atoms with van der Waals surface area (Å²) in [5.74, 6) is 1.11. The highest BCUT2D eigenvalue weighted by atomic mass is 16.5. The lowest BCUT2D eigenvalue weighted by Gasteiger charge is -2.31. The van der Waals surface area contributed by atoms with Crippen molar-refractivity contribution in [2.75, 3.05) is 6.54 Å². The van der Waals surface area contributed by atoms with Gasteiger partial charge < -0.3 is 15.8 Å². The van der Waals surface area contributed by atoms with E-state index in [0.717, 1.165) is 18.4 Å². The lowest BCUT2D eigenvalue weighted by atomic mass is 9.95. The Morgan fingerprint density at radius 3 is 2.80 bits per heavy atom. The van der Waals surface area contributed by atoms with Crippen LogP contribution < -0.4 is 15.8 Å². The Morgan fingerprint density at radius 2 is 2.25 bits per heavy atom. The number of aryl methyl sites for hydroxylation is 1. The van der Waals surface area contributed by atoms with Gasteiger partial charge in [-0.05, 0) is 57.2 Å². The van der Waals surface area contributed by atoms with Crippen LogP contribution in [0.15, 0.2) is 24.3 Å². The fraction of sp³-hybridized carbons (Fsp3) is 0.562. The van der Waals surface area contributed by atoms with Crippen LogP contribution in [-0.2, 0) is 4.79 Å². The average Bonchev–Trinajstić information content (AvgIpc) is 3.23. The number of carbonyl (C=O) groups is 1. The highest BCUT2D eigenvalue weighted by Crippen LogP contribution is 2.39. The fourth-order valence-electron chi connectivity index (χ4n) is 2.37. The molecule has 3 N–H and O–H groups in total. The van der Waals surface area contributed by atoms with Crippen LogP contribution >= 0.6 is 0 Å². The summed E-state index contributed by atoms with van der Waals surface area (Å²) in [5.41, 5.74) is 6.62. The molecule has 1 amide bonds. The van der Waals surface area contributed by atoms with Gasteiger partial charge >= 0.3 is 0 Å². The van der Waals surface area contributed by atoms with Gasteiger partial charge in [-0.15, -0.1) is 0 Å². The maximum Gasteiger partial charge on any atom is 0.261 e. The Kier molecular flexibility index (Phi) is 4.33. The largest absolute Gasteiger partial charge is 0.481 e. The predicted molar refractivity (Wildman–Crippen MR) is 79.6 cm³/mol. The molecule has 4 nitrogen and oxygen atoms in total. The van der Waals surface area contributed by atoms with Crippen LogP contribution in [0.1, 0.15) is 32.3 Å². The Balaban J connectivity index is 1.95. The third kappa shape index (κ3) is 3.51. The van der Waals surface area contributed by atoms with E-state index in [0.29, 0.717) is 18.2 Å². The molecule has 2 atom stereocenters. The second-order valence-electron chi connectivity index (χ2n) is 5.96. The molecule has 1 aliphatic rings. The van der Waals surface area contributed by atoms with E-state index in [1.165, 1.54) is 0 Å². The van der Waals surface area contributed by atoms with E-state index in [4.69, 9.17) is 10.5 Å². The minimum absolute atomic E-state index is 0.105. The van der Waals surface area contributed by atoms with Gasteiger partial charge in [0, 0.05) is 6.54 Å². The van der Waals surface area contributed by atoms with Crippen molar-refractivity contribution in [2.24, 2.45) is 11.7 Å². The maximum absolute atomic E-state index is 12.2. The van der Waals surface area contributed by atoms with Crippen molar-refractivity contribution < 1.29 is 9.53 Å². The highest BCUT2D eigenvalue weighted by Gasteiger charge is 2.42. The molecule has 1 saturated carbocycles. The van der Waals surface area contributed by atoms with Gasteiger partial charge in [-0.2, -0.15) is 0 Å². The number of rotatable bonds is 6. The average molecular weight is 276 g/mol. The third-order valence-electron chi connectivity index (χ3n) is 3.98. The van der Waals surface area contributed by atoms with Crippen molar-refractivity contribution >= 4 is 5.91 Å². The molecule has 2 rings (SSSR count). The molecule has 1 aromatic rings. The summed E-state index contributed by atoms with van der Waals surface area (Å²) >= 11 is 0. The smallest absolute Gasteiger partial charge is 0.261 e. The molecule has 0 bridgehead atoms. The van der Waals surface area contributed by atoms with E-state index in [1.54, 1.807) is 6.92 Å². The number of nitrogens with two attached hydrogens (primary N) is 1. The van der Waals surface area contributed by atoms with Gasteiger partial charge in [-0.25, -0.2) is 0 Å². The molecule has 0 radical (unpaired) electrons. The zero-order valence-electron chi connectivity index (χ0n) is 12.5. The summed E-state index contributed by atoms with van der Waals surface area (Å²) in [7, 11) is 0. The SMILES string of the molecule is Cc1cccc(OC(C)C(=O)NC(C)(CN)C2CC2)c1. The zero-order valence-corrected chi connectivity index (χ0v) is 12.5. The first-order valence-electron chi connectivity index (χ1n) is 7.20. The van der Waals surface area contributed by atoms with Gasteiger partial charge in [-0.3, -0.25) is 4.79 Å². The van der Waals surface area contributed by atoms with Crippen molar-refractivity contribution in [1.82, 2.24) is 5.32 Å². The van der Waals surface area contributed by atoms with Crippen molar-refractivity contribution in [3.05, 3.63) is 29.8 Å². The number of hydrogen-bond acceptors (Lipinski definition) is 3. The molecular weight excluding hydrogens is 252 g/mol. The number of benzene rings is 1. The van der Waals surface area contributed by atoms with Gasteiger partial charge in [-0.1, -0.05) is 12.1 Å². The van der Waals surface area contributed by atoms with E-state index < -0.39 is 6.10 Å². The molecule has 110 valence electrons. The lowest BCUT2D eigenvalue weighted by molar-refractivity contribution is -0.129. The molecule has 0 spiro atoms. The van der Waals surface area contributed by atoms with Gasteiger partial charge in [0.15, 0.2) is 6.10 Å². The molecule has 0 aliphatic heterocycles. The van der Waals surface area contributed by atoms with E-state index in [9.17, 15) is 4.79 Å². The topological polar surface area (TPSA) is 64.3 Å². The molecule has 4 heteroatoms. The highest BCUT2D eigenvalue weighted by molar-refractivity contribution is 5.81. The maximum atomic E-state index is 12.2. The van der Waals surface area contributed by atoms with Crippen molar-refractivity contribution in [3.63, 3.8) is 0 Å². The minimum Gasteiger partial charge on any atom is -0.481 e. The molecule has 0 aromatic heterocycles. The second kappa shape index (κ2) is 5.83. The molecule has 0 heterocycles. The monoisotopic (exact) mass is 276 g/mol. The zero-order chi connectivity index (χ0) is 14.8. The van der Waals surface area contributed by atoms with Crippen LogP contribution in [0.4, 0.5) is 0 Å². The Morgan fingerprint density at radius 1 is 1.55 bits per heavy atom. The normalized spacial score (nSPS) is 19.0. The third-order valence-corrected chi connectivity index (χ3v) is 3.98. The van der Waals surface area contributed by atoms with Crippen LogP contribution in [0.2, 0.25) is 0 Å². The summed E-state index contributed by atoms with van der Waals surface area (Å²) in [6.45, 7) is 6.24. The lowest BCUT2D eigenvalue weighted by Crippen LogP contribution is -2.56. The van der Waals surface area contributed by atoms with Crippen LogP contribution in [-0.4, -0.2) is 24.1 Å². The first-order valence-corrected chi connectivity index (χ1v) is 7.20. The summed E-state index contributed by atoms with van der Waals surface area (Å²) in [5, 5.41) is 3.05. The van der Waals surface area contributed by atoms with Crippen molar-refractivity contribution in [3.8, 4) is 5.75 Å². The number of nitrogens with one attached hydrogen (secondary N) is 1. The quantitative estimate of drug-likeness (QED) is 0.835. The molecule has 1 aliphatic carbocycles. The van der Waals surface area contributed by atoms with Crippen LogP contribution in [0.3, 0.4) is 0 Å². The summed E-state index contributed by atoms with van der Waals surface area (Å²) in [6, 6.07) is 7.70. The molecule has 20 heavy (non-hydrogen) atoms. The van der Waals surface area contributed by atoms with Gasteiger partial charge in [0.05, 0.1) is 5.54 Å². The van der Waals surface area contributed by atoms with Gasteiger partial charge in [0.1, 0.15) is 5.75 Å². The van der Waals surface area contributed by atoms with Crippen LogP contribution in [0.25, 0.3) is 0 Å². The van der Waals surface area contributed by atoms with Crippen molar-refractivity contribution in [2.45, 2.75) is 45.3 Å². The predicted octanol–water partition coefficient (Wildman–Crippen LogP) is 2.01. The van der Waals surface area contributed by atoms with Crippen molar-refractivity contribution in [1.29, 1.82) is 0 Å². The Hall–Kier alpha value is -1.55. The van der Waals surface area contributed by atoms with E-state index in [2.05, 4.69) is 5.32 Å². The molecule has 1 fully saturated rings. The number of ether oxygens (including phenoxy) is 1. The minimum atomic E-state index is -0.526. The van der Waals surface area contributed by atoms with E-state index >= 15 is 0 Å². The number of amides is 1. The number of hydrogen-bond donors (Lipinski definition) is 2. The second-order valence-corrected chi connectivity index (χ2v) is 5.96.